The van der Waals surface area contributed by atoms with Crippen molar-refractivity contribution < 1.29 is 14.8 Å². The molecule has 1 aliphatic heterocycles. The van der Waals surface area contributed by atoms with Crippen LogP contribution >= 0.6 is 0 Å². The zero-order chi connectivity index (χ0) is 21.4. The smallest absolute Gasteiger partial charge is 0.334 e. The number of pyridine rings is 1. The van der Waals surface area contributed by atoms with E-state index in [0.29, 0.717) is 11.3 Å². The number of carboxylic acid groups (broad SMARTS) is 1. The number of dihydropyridines is 1. The molecule has 2 N–H and O–H groups in total. The van der Waals surface area contributed by atoms with Crippen LogP contribution in [0.15, 0.2) is 77.8 Å². The van der Waals surface area contributed by atoms with Crippen LogP contribution in [0.4, 0.5) is 5.69 Å². The van der Waals surface area contributed by atoms with Crippen LogP contribution in [-0.2, 0) is 4.79 Å². The minimum absolute atomic E-state index is 0.0814. The molecule has 7 heteroatoms. The van der Waals surface area contributed by atoms with Gasteiger partial charge in [0.1, 0.15) is 0 Å². The van der Waals surface area contributed by atoms with Crippen LogP contribution in [0.3, 0.4) is 0 Å². The molecule has 2 heterocycles. The highest BCUT2D eigenvalue weighted by atomic mass is 16.6. The van der Waals surface area contributed by atoms with Crippen LogP contribution in [-0.4, -0.2) is 21.0 Å². The molecule has 0 fully saturated rings. The Hall–Kier alpha value is -4.00. The number of allylic oxidation sites excluding steroid dienone is 3. The zero-order valence-electron chi connectivity index (χ0n) is 16.4. The first-order valence-electron chi connectivity index (χ1n) is 9.38. The van der Waals surface area contributed by atoms with Crippen LogP contribution in [0.5, 0.6) is 0 Å². The summed E-state index contributed by atoms with van der Waals surface area (Å²) >= 11 is 0. The predicted molar refractivity (Wildman–Crippen MR) is 114 cm³/mol. The fourth-order valence-electron chi connectivity index (χ4n) is 4.03. The average molecular weight is 401 g/mol. The number of aromatic nitrogens is 1. The standard InChI is InChI=1S/C23H19N3O4/c1-13-20(17-10-15-6-3-4-9-19(15)24-12-17)22(21(23(27)28)14(2)25-13)16-7-5-8-18(11-16)26(29)30/h3-12,22,25H,1-2H3,(H,27,28). The molecular weight excluding hydrogens is 382 g/mol. The van der Waals surface area contributed by atoms with Crippen molar-refractivity contribution in [3.63, 3.8) is 0 Å². The number of benzene rings is 2. The van der Waals surface area contributed by atoms with E-state index in [1.165, 1.54) is 12.1 Å². The zero-order valence-corrected chi connectivity index (χ0v) is 16.4. The van der Waals surface area contributed by atoms with E-state index >= 15 is 0 Å². The number of aliphatic carboxylic acids is 1. The van der Waals surface area contributed by atoms with Crippen molar-refractivity contribution in [2.24, 2.45) is 0 Å². The van der Waals surface area contributed by atoms with Gasteiger partial charge in [0.25, 0.3) is 5.69 Å². The largest absolute Gasteiger partial charge is 0.478 e. The number of hydrogen-bond donors (Lipinski definition) is 2. The number of carboxylic acids is 1. The Kier molecular flexibility index (Phi) is 4.79. The van der Waals surface area contributed by atoms with Gasteiger partial charge in [-0.05, 0) is 42.7 Å². The number of nitrogens with zero attached hydrogens (tertiary/aromatic N) is 2. The molecule has 150 valence electrons. The Morgan fingerprint density at radius 3 is 2.60 bits per heavy atom. The molecule has 0 radical (unpaired) electrons. The fourth-order valence-corrected chi connectivity index (χ4v) is 4.03. The summed E-state index contributed by atoms with van der Waals surface area (Å²) in [5.41, 5.74) is 4.25. The minimum atomic E-state index is -1.07. The van der Waals surface area contributed by atoms with Gasteiger partial charge in [0, 0.05) is 41.0 Å². The Bertz CT molecular complexity index is 1260. The van der Waals surface area contributed by atoms with Gasteiger partial charge in [0.2, 0.25) is 0 Å². The van der Waals surface area contributed by atoms with Crippen molar-refractivity contribution in [1.29, 1.82) is 0 Å². The molecule has 1 aromatic heterocycles. The lowest BCUT2D eigenvalue weighted by Gasteiger charge is -2.31. The van der Waals surface area contributed by atoms with Crippen molar-refractivity contribution in [3.05, 3.63) is 99.0 Å². The van der Waals surface area contributed by atoms with E-state index < -0.39 is 16.8 Å². The van der Waals surface area contributed by atoms with Gasteiger partial charge in [-0.2, -0.15) is 0 Å². The number of fused-ring (bicyclic) bond motifs is 1. The Morgan fingerprint density at radius 2 is 1.87 bits per heavy atom. The molecule has 0 saturated heterocycles. The number of hydrogen-bond acceptors (Lipinski definition) is 5. The number of nitro benzene ring substituents is 1. The normalized spacial score (nSPS) is 16.5. The molecule has 3 aromatic rings. The van der Waals surface area contributed by atoms with Gasteiger partial charge >= 0.3 is 5.97 Å². The van der Waals surface area contributed by atoms with Crippen molar-refractivity contribution in [2.75, 3.05) is 0 Å². The molecule has 0 amide bonds. The van der Waals surface area contributed by atoms with Gasteiger partial charge in [0.05, 0.1) is 16.0 Å². The molecular formula is C23H19N3O4. The Labute approximate surface area is 172 Å². The lowest BCUT2D eigenvalue weighted by atomic mass is 9.78. The molecule has 2 aromatic carbocycles. The van der Waals surface area contributed by atoms with Crippen molar-refractivity contribution in [1.82, 2.24) is 10.3 Å². The number of carbonyl (C=O) groups is 1. The first-order chi connectivity index (χ1) is 14.4. The first-order valence-corrected chi connectivity index (χ1v) is 9.38. The number of nitrogens with one attached hydrogen (secondary N) is 1. The predicted octanol–water partition coefficient (Wildman–Crippen LogP) is 4.62. The molecule has 30 heavy (non-hydrogen) atoms. The number of rotatable bonds is 4. The first kappa shape index (κ1) is 19.3. The monoisotopic (exact) mass is 401 g/mol. The summed E-state index contributed by atoms with van der Waals surface area (Å²) in [4.78, 5) is 27.6. The highest BCUT2D eigenvalue weighted by molar-refractivity contribution is 5.97. The van der Waals surface area contributed by atoms with Crippen LogP contribution in [0.2, 0.25) is 0 Å². The van der Waals surface area contributed by atoms with Gasteiger partial charge in [0.15, 0.2) is 0 Å². The summed E-state index contributed by atoms with van der Waals surface area (Å²) in [6.45, 7) is 3.57. The summed E-state index contributed by atoms with van der Waals surface area (Å²) < 4.78 is 0. The molecule has 0 saturated carbocycles. The van der Waals surface area contributed by atoms with Gasteiger partial charge in [-0.15, -0.1) is 0 Å². The van der Waals surface area contributed by atoms with E-state index in [2.05, 4.69) is 10.3 Å². The van der Waals surface area contributed by atoms with E-state index in [1.807, 2.05) is 37.3 Å². The molecule has 7 nitrogen and oxygen atoms in total. The van der Waals surface area contributed by atoms with Gasteiger partial charge < -0.3 is 10.4 Å². The maximum absolute atomic E-state index is 12.2. The number of para-hydroxylation sites is 1. The summed E-state index contributed by atoms with van der Waals surface area (Å²) in [5, 5.41) is 25.4. The summed E-state index contributed by atoms with van der Waals surface area (Å²) in [6.07, 6.45) is 1.72. The molecule has 1 atom stereocenters. The second kappa shape index (κ2) is 7.44. The molecule has 0 aliphatic carbocycles. The third-order valence-corrected chi connectivity index (χ3v) is 5.31. The van der Waals surface area contributed by atoms with E-state index in [-0.39, 0.29) is 11.3 Å². The van der Waals surface area contributed by atoms with Crippen molar-refractivity contribution in [3.8, 4) is 0 Å². The van der Waals surface area contributed by atoms with Crippen LogP contribution in [0, 0.1) is 10.1 Å². The average Bonchev–Trinajstić information content (AvgIpc) is 2.72. The topological polar surface area (TPSA) is 105 Å². The molecule has 0 spiro atoms. The molecule has 1 unspecified atom stereocenters. The fraction of sp³-hybridized carbons (Fsp3) is 0.130. The molecule has 0 bridgehead atoms. The van der Waals surface area contributed by atoms with E-state index in [1.54, 1.807) is 25.3 Å². The maximum Gasteiger partial charge on any atom is 0.334 e. The summed E-state index contributed by atoms with van der Waals surface area (Å²) in [6, 6.07) is 15.8. The number of non-ortho nitro benzene ring substituents is 1. The second-order valence-electron chi connectivity index (χ2n) is 7.21. The van der Waals surface area contributed by atoms with Crippen LogP contribution in [0.25, 0.3) is 16.5 Å². The highest BCUT2D eigenvalue weighted by Crippen LogP contribution is 2.44. The highest BCUT2D eigenvalue weighted by Gasteiger charge is 2.34. The molecule has 1 aliphatic rings. The third-order valence-electron chi connectivity index (χ3n) is 5.31. The van der Waals surface area contributed by atoms with Gasteiger partial charge in [-0.25, -0.2) is 4.79 Å². The third kappa shape index (κ3) is 3.30. The van der Waals surface area contributed by atoms with E-state index in [9.17, 15) is 20.0 Å². The number of nitro groups is 1. The van der Waals surface area contributed by atoms with Crippen LogP contribution < -0.4 is 5.32 Å². The second-order valence-corrected chi connectivity index (χ2v) is 7.21. The SMILES string of the molecule is CC1=C(C(=O)O)C(c2cccc([N+](=O)[O-])c2)C(c2cnc3ccccc3c2)=C(C)N1. The maximum atomic E-state index is 12.2. The summed E-state index contributed by atoms with van der Waals surface area (Å²) in [5.74, 6) is -1.75. The van der Waals surface area contributed by atoms with Crippen LogP contribution in [0.1, 0.15) is 30.9 Å². The Morgan fingerprint density at radius 1 is 1.10 bits per heavy atom. The van der Waals surface area contributed by atoms with Gasteiger partial charge in [-0.1, -0.05) is 30.3 Å². The summed E-state index contributed by atoms with van der Waals surface area (Å²) in [7, 11) is 0. The van der Waals surface area contributed by atoms with Crippen molar-refractivity contribution in [2.45, 2.75) is 19.8 Å². The van der Waals surface area contributed by atoms with Gasteiger partial charge in [-0.3, -0.25) is 15.1 Å². The van der Waals surface area contributed by atoms with E-state index in [0.717, 1.165) is 27.7 Å². The quantitative estimate of drug-likeness (QED) is 0.488. The molecule has 4 rings (SSSR count). The van der Waals surface area contributed by atoms with E-state index in [4.69, 9.17) is 0 Å². The van der Waals surface area contributed by atoms with Crippen molar-refractivity contribution >= 4 is 28.1 Å². The minimum Gasteiger partial charge on any atom is -0.478 e. The lowest BCUT2D eigenvalue weighted by molar-refractivity contribution is -0.384. The lowest BCUT2D eigenvalue weighted by Crippen LogP contribution is -2.27. The Balaban J connectivity index is 1.96.